The van der Waals surface area contributed by atoms with Gasteiger partial charge in [-0.1, -0.05) is 12.1 Å². The topological polar surface area (TPSA) is 95.9 Å². The lowest BCUT2D eigenvalue weighted by Gasteiger charge is -2.11. The molecule has 0 aliphatic carbocycles. The van der Waals surface area contributed by atoms with Crippen molar-refractivity contribution in [1.82, 2.24) is 4.57 Å². The summed E-state index contributed by atoms with van der Waals surface area (Å²) in [5.74, 6) is -0.433. The van der Waals surface area contributed by atoms with E-state index >= 15 is 0 Å². The molecule has 23 heavy (non-hydrogen) atoms. The summed E-state index contributed by atoms with van der Waals surface area (Å²) >= 11 is 0. The molecule has 0 amide bonds. The van der Waals surface area contributed by atoms with Crippen LogP contribution in [0.25, 0.3) is 17.0 Å². The number of hydrogen-bond donors (Lipinski definition) is 0. The van der Waals surface area contributed by atoms with E-state index < -0.39 is 5.97 Å². The maximum absolute atomic E-state index is 12.5. The van der Waals surface area contributed by atoms with Gasteiger partial charge in [0.25, 0.3) is 0 Å². The van der Waals surface area contributed by atoms with Crippen LogP contribution in [0.5, 0.6) is 0 Å². The first-order valence-electron chi connectivity index (χ1n) is 6.90. The summed E-state index contributed by atoms with van der Waals surface area (Å²) in [5.41, 5.74) is 0.271. The maximum Gasteiger partial charge on any atom is 0.325 e. The number of allylic oxidation sites excluding steroid dienone is 1. The van der Waals surface area contributed by atoms with Gasteiger partial charge in [0.15, 0.2) is 5.43 Å². The first kappa shape index (κ1) is 16.0. The van der Waals surface area contributed by atoms with Crippen LogP contribution in [0.2, 0.25) is 0 Å². The molecule has 0 saturated carbocycles. The largest absolute Gasteiger partial charge is 0.465 e. The Morgan fingerprint density at radius 1 is 1.30 bits per heavy atom. The third kappa shape index (κ3) is 3.45. The molecule has 0 fully saturated rings. The number of carbonyl (C=O) groups is 1. The highest BCUT2D eigenvalue weighted by Crippen LogP contribution is 2.13. The number of para-hydroxylation sites is 1. The molecule has 1 heterocycles. The van der Waals surface area contributed by atoms with Gasteiger partial charge in [-0.25, -0.2) is 0 Å². The van der Waals surface area contributed by atoms with Gasteiger partial charge in [-0.2, -0.15) is 10.5 Å². The van der Waals surface area contributed by atoms with E-state index in [1.165, 1.54) is 12.3 Å². The molecule has 1 aromatic carbocycles. The number of aromatic nitrogens is 1. The summed E-state index contributed by atoms with van der Waals surface area (Å²) in [6, 6.07) is 10.3. The van der Waals surface area contributed by atoms with Gasteiger partial charge in [0.05, 0.1) is 12.1 Å². The minimum atomic E-state index is -0.433. The van der Waals surface area contributed by atoms with Gasteiger partial charge in [-0.3, -0.25) is 9.59 Å². The van der Waals surface area contributed by atoms with E-state index in [2.05, 4.69) is 0 Å². The van der Waals surface area contributed by atoms with Gasteiger partial charge in [0.2, 0.25) is 0 Å². The zero-order valence-electron chi connectivity index (χ0n) is 12.4. The minimum Gasteiger partial charge on any atom is -0.465 e. The van der Waals surface area contributed by atoms with Crippen LogP contribution in [0.1, 0.15) is 12.5 Å². The molecule has 1 aromatic heterocycles. The van der Waals surface area contributed by atoms with Gasteiger partial charge < -0.3 is 9.30 Å². The summed E-state index contributed by atoms with van der Waals surface area (Å²) in [5, 5.41) is 18.1. The number of nitriles is 2. The van der Waals surface area contributed by atoms with E-state index in [9.17, 15) is 9.59 Å². The number of benzene rings is 1. The van der Waals surface area contributed by atoms with Gasteiger partial charge in [0, 0.05) is 17.1 Å². The minimum absolute atomic E-state index is 0.0656. The number of fused-ring (bicyclic) bond motifs is 1. The fourth-order valence-corrected chi connectivity index (χ4v) is 2.19. The van der Waals surface area contributed by atoms with Crippen molar-refractivity contribution in [2.75, 3.05) is 6.61 Å². The fourth-order valence-electron chi connectivity index (χ4n) is 2.19. The van der Waals surface area contributed by atoms with E-state index in [0.29, 0.717) is 10.9 Å². The molecule has 0 atom stereocenters. The second kappa shape index (κ2) is 7.06. The molecule has 0 saturated heterocycles. The number of ether oxygens (including phenoxy) is 1. The van der Waals surface area contributed by atoms with Crippen molar-refractivity contribution >= 4 is 22.9 Å². The number of carbonyl (C=O) groups excluding carboxylic acids is 1. The number of hydrogen-bond acceptors (Lipinski definition) is 5. The Hall–Kier alpha value is -3.38. The van der Waals surface area contributed by atoms with Crippen LogP contribution in [0.3, 0.4) is 0 Å². The Kier molecular flexibility index (Phi) is 4.91. The van der Waals surface area contributed by atoms with Gasteiger partial charge in [0.1, 0.15) is 24.3 Å². The first-order chi connectivity index (χ1) is 11.1. The lowest BCUT2D eigenvalue weighted by molar-refractivity contribution is -0.143. The summed E-state index contributed by atoms with van der Waals surface area (Å²) in [7, 11) is 0. The van der Waals surface area contributed by atoms with Crippen molar-refractivity contribution in [3.8, 4) is 12.1 Å². The van der Waals surface area contributed by atoms with Crippen molar-refractivity contribution in [2.24, 2.45) is 0 Å². The van der Waals surface area contributed by atoms with Crippen molar-refractivity contribution in [2.45, 2.75) is 13.5 Å². The van der Waals surface area contributed by atoms with Gasteiger partial charge in [-0.05, 0) is 25.1 Å². The smallest absolute Gasteiger partial charge is 0.325 e. The fraction of sp³-hybridized carbons (Fsp3) is 0.176. The molecule has 0 aliphatic heterocycles. The molecule has 114 valence electrons. The second-order valence-electron chi connectivity index (χ2n) is 4.65. The molecule has 0 N–H and O–H groups in total. The number of esters is 1. The predicted molar refractivity (Wildman–Crippen MR) is 84.0 cm³/mol. The van der Waals surface area contributed by atoms with Crippen LogP contribution in [0.4, 0.5) is 0 Å². The van der Waals surface area contributed by atoms with Crippen LogP contribution in [-0.4, -0.2) is 17.1 Å². The third-order valence-electron chi connectivity index (χ3n) is 3.16. The van der Waals surface area contributed by atoms with Gasteiger partial charge in [-0.15, -0.1) is 0 Å². The summed E-state index contributed by atoms with van der Waals surface area (Å²) in [6.07, 6.45) is 2.67. The molecule has 0 spiro atoms. The Morgan fingerprint density at radius 3 is 2.65 bits per heavy atom. The SMILES string of the molecule is CCOC(=O)Cn1cc(C=C(C#N)C#N)c(=O)c2ccccc21. The van der Waals surface area contributed by atoms with Crippen LogP contribution in [0, 0.1) is 22.7 Å². The molecule has 2 rings (SSSR count). The summed E-state index contributed by atoms with van der Waals surface area (Å²) in [4.78, 5) is 24.2. The van der Waals surface area contributed by atoms with Crippen LogP contribution in [0.15, 0.2) is 40.8 Å². The maximum atomic E-state index is 12.5. The van der Waals surface area contributed by atoms with Crippen molar-refractivity contribution in [3.05, 3.63) is 51.8 Å². The lowest BCUT2D eigenvalue weighted by Crippen LogP contribution is -2.18. The van der Waals surface area contributed by atoms with Crippen LogP contribution < -0.4 is 5.43 Å². The van der Waals surface area contributed by atoms with Crippen molar-refractivity contribution in [3.63, 3.8) is 0 Å². The number of pyridine rings is 1. The predicted octanol–water partition coefficient (Wildman–Crippen LogP) is 2.00. The molecule has 0 bridgehead atoms. The molecule has 6 heteroatoms. The molecular weight excluding hydrogens is 294 g/mol. The zero-order valence-corrected chi connectivity index (χ0v) is 12.4. The highest BCUT2D eigenvalue weighted by Gasteiger charge is 2.11. The number of nitrogens with zero attached hydrogens (tertiary/aromatic N) is 3. The average molecular weight is 307 g/mol. The third-order valence-corrected chi connectivity index (χ3v) is 3.16. The monoisotopic (exact) mass is 307 g/mol. The Bertz CT molecular complexity index is 911. The quantitative estimate of drug-likeness (QED) is 0.635. The normalized spacial score (nSPS) is 9.70. The highest BCUT2D eigenvalue weighted by molar-refractivity contribution is 5.83. The molecule has 6 nitrogen and oxygen atoms in total. The van der Waals surface area contributed by atoms with Crippen LogP contribution >= 0.6 is 0 Å². The molecule has 0 radical (unpaired) electrons. The zero-order chi connectivity index (χ0) is 16.8. The Morgan fingerprint density at radius 2 is 2.00 bits per heavy atom. The van der Waals surface area contributed by atoms with E-state index in [4.69, 9.17) is 15.3 Å². The molecular formula is C17H13N3O3. The van der Waals surface area contributed by atoms with Crippen molar-refractivity contribution in [1.29, 1.82) is 10.5 Å². The highest BCUT2D eigenvalue weighted by atomic mass is 16.5. The van der Waals surface area contributed by atoms with E-state index in [1.807, 2.05) is 0 Å². The summed E-state index contributed by atoms with van der Waals surface area (Å²) < 4.78 is 6.51. The van der Waals surface area contributed by atoms with E-state index in [0.717, 1.165) is 0 Å². The lowest BCUT2D eigenvalue weighted by atomic mass is 10.1. The molecule has 2 aromatic rings. The number of rotatable bonds is 4. The second-order valence-corrected chi connectivity index (χ2v) is 4.65. The Labute approximate surface area is 132 Å². The first-order valence-corrected chi connectivity index (χ1v) is 6.90. The average Bonchev–Trinajstić information content (AvgIpc) is 2.56. The summed E-state index contributed by atoms with van der Waals surface area (Å²) in [6.45, 7) is 1.91. The molecule has 0 unspecified atom stereocenters. The van der Waals surface area contributed by atoms with Crippen LogP contribution in [-0.2, 0) is 16.1 Å². The van der Waals surface area contributed by atoms with Gasteiger partial charge >= 0.3 is 5.97 Å². The van der Waals surface area contributed by atoms with E-state index in [1.54, 1.807) is 47.9 Å². The molecule has 0 aliphatic rings. The Balaban J connectivity index is 2.67. The standard InChI is InChI=1S/C17H13N3O3/c1-2-23-16(21)11-20-10-13(7-12(8-18)9-19)17(22)14-5-3-4-6-15(14)20/h3-7,10H,2,11H2,1H3. The van der Waals surface area contributed by atoms with Crippen molar-refractivity contribution < 1.29 is 9.53 Å². The van der Waals surface area contributed by atoms with E-state index in [-0.39, 0.29) is 29.7 Å².